The SMILES string of the molecule is CN(C)CCN(Cc1cccc(C(F)(F)F)c1)C(=O)c1ccc(OCc2nccn2C)cc1. The molecule has 33 heavy (non-hydrogen) atoms. The van der Waals surface area contributed by atoms with Crippen LogP contribution in [0, 0.1) is 0 Å². The maximum Gasteiger partial charge on any atom is 0.416 e. The van der Waals surface area contributed by atoms with E-state index >= 15 is 0 Å². The van der Waals surface area contributed by atoms with E-state index in [9.17, 15) is 18.0 Å². The highest BCUT2D eigenvalue weighted by atomic mass is 19.4. The van der Waals surface area contributed by atoms with Gasteiger partial charge in [0.1, 0.15) is 18.2 Å². The number of imidazole rings is 1. The minimum absolute atomic E-state index is 0.0774. The van der Waals surface area contributed by atoms with Crippen LogP contribution in [-0.4, -0.2) is 52.4 Å². The third kappa shape index (κ3) is 6.82. The number of aromatic nitrogens is 2. The Morgan fingerprint density at radius 2 is 1.82 bits per heavy atom. The van der Waals surface area contributed by atoms with Crippen LogP contribution in [0.5, 0.6) is 5.75 Å². The molecule has 1 amide bonds. The van der Waals surface area contributed by atoms with E-state index < -0.39 is 11.7 Å². The Morgan fingerprint density at radius 1 is 1.09 bits per heavy atom. The molecule has 1 aromatic heterocycles. The van der Waals surface area contributed by atoms with E-state index in [1.807, 2.05) is 36.8 Å². The Balaban J connectivity index is 1.72. The average Bonchev–Trinajstić information content (AvgIpc) is 3.19. The van der Waals surface area contributed by atoms with Crippen LogP contribution >= 0.6 is 0 Å². The number of aryl methyl sites for hydroxylation is 1. The number of hydrogen-bond donors (Lipinski definition) is 0. The molecule has 0 aliphatic heterocycles. The Morgan fingerprint density at radius 3 is 2.42 bits per heavy atom. The standard InChI is InChI=1S/C24H27F3N4O2/c1-29(2)13-14-31(16-18-5-4-6-20(15-18)24(25,26)27)23(32)19-7-9-21(10-8-19)33-17-22-28-11-12-30(22)3/h4-12,15H,13-14,16-17H2,1-3H3. The fourth-order valence-corrected chi connectivity index (χ4v) is 3.20. The van der Waals surface area contributed by atoms with Crippen LogP contribution in [0.2, 0.25) is 0 Å². The van der Waals surface area contributed by atoms with Gasteiger partial charge in [-0.15, -0.1) is 0 Å². The lowest BCUT2D eigenvalue weighted by molar-refractivity contribution is -0.137. The molecule has 0 bridgehead atoms. The Labute approximate surface area is 191 Å². The smallest absolute Gasteiger partial charge is 0.416 e. The summed E-state index contributed by atoms with van der Waals surface area (Å²) in [7, 11) is 5.63. The van der Waals surface area contributed by atoms with Crippen LogP contribution < -0.4 is 4.74 Å². The summed E-state index contributed by atoms with van der Waals surface area (Å²) >= 11 is 0. The van der Waals surface area contributed by atoms with Crippen molar-refractivity contribution >= 4 is 5.91 Å². The summed E-state index contributed by atoms with van der Waals surface area (Å²) in [5.41, 5.74) is 0.131. The van der Waals surface area contributed by atoms with Crippen molar-refractivity contribution in [1.29, 1.82) is 0 Å². The van der Waals surface area contributed by atoms with Crippen molar-refractivity contribution in [2.45, 2.75) is 19.3 Å². The predicted octanol–water partition coefficient (Wildman–Crippen LogP) is 4.22. The molecule has 0 aliphatic rings. The molecule has 6 nitrogen and oxygen atoms in total. The molecule has 2 aromatic carbocycles. The minimum Gasteiger partial charge on any atom is -0.486 e. The molecule has 0 radical (unpaired) electrons. The lowest BCUT2D eigenvalue weighted by atomic mass is 10.1. The number of benzene rings is 2. The summed E-state index contributed by atoms with van der Waals surface area (Å²) in [5.74, 6) is 1.10. The van der Waals surface area contributed by atoms with Gasteiger partial charge in [-0.1, -0.05) is 12.1 Å². The maximum atomic E-state index is 13.2. The zero-order valence-corrected chi connectivity index (χ0v) is 18.8. The zero-order valence-electron chi connectivity index (χ0n) is 18.8. The molecule has 0 fully saturated rings. The lowest BCUT2D eigenvalue weighted by Gasteiger charge is -2.25. The van der Waals surface area contributed by atoms with Crippen LogP contribution in [-0.2, 0) is 26.4 Å². The van der Waals surface area contributed by atoms with Gasteiger partial charge in [-0.05, 0) is 56.1 Å². The van der Waals surface area contributed by atoms with Crippen molar-refractivity contribution in [2.75, 3.05) is 27.2 Å². The maximum absolute atomic E-state index is 13.2. The average molecular weight is 461 g/mol. The van der Waals surface area contributed by atoms with Gasteiger partial charge >= 0.3 is 6.18 Å². The third-order valence-corrected chi connectivity index (χ3v) is 5.12. The highest BCUT2D eigenvalue weighted by Gasteiger charge is 2.30. The van der Waals surface area contributed by atoms with E-state index in [4.69, 9.17) is 4.74 Å². The fourth-order valence-electron chi connectivity index (χ4n) is 3.20. The molecule has 0 unspecified atom stereocenters. The van der Waals surface area contributed by atoms with Gasteiger partial charge in [0, 0.05) is 44.6 Å². The van der Waals surface area contributed by atoms with Gasteiger partial charge in [-0.2, -0.15) is 13.2 Å². The summed E-state index contributed by atoms with van der Waals surface area (Å²) in [6, 6.07) is 11.8. The molecule has 0 N–H and O–H groups in total. The van der Waals surface area contributed by atoms with E-state index in [0.29, 0.717) is 36.6 Å². The number of halogens is 3. The molecule has 3 rings (SSSR count). The summed E-state index contributed by atoms with van der Waals surface area (Å²) in [6.07, 6.45) is -0.917. The second-order valence-electron chi connectivity index (χ2n) is 8.00. The Bertz CT molecular complexity index is 1060. The molecule has 0 aliphatic carbocycles. The fraction of sp³-hybridized carbons (Fsp3) is 0.333. The zero-order chi connectivity index (χ0) is 24.0. The van der Waals surface area contributed by atoms with Crippen molar-refractivity contribution in [3.63, 3.8) is 0 Å². The molecule has 0 atom stereocenters. The number of carbonyl (C=O) groups excluding carboxylic acids is 1. The van der Waals surface area contributed by atoms with E-state index in [2.05, 4.69) is 4.98 Å². The van der Waals surface area contributed by atoms with Crippen molar-refractivity contribution in [3.05, 3.63) is 83.4 Å². The van der Waals surface area contributed by atoms with Crippen LogP contribution in [0.15, 0.2) is 60.9 Å². The monoisotopic (exact) mass is 460 g/mol. The van der Waals surface area contributed by atoms with Gasteiger partial charge in [0.25, 0.3) is 5.91 Å². The third-order valence-electron chi connectivity index (χ3n) is 5.12. The van der Waals surface area contributed by atoms with Gasteiger partial charge in [0.15, 0.2) is 0 Å². The summed E-state index contributed by atoms with van der Waals surface area (Å²) in [4.78, 5) is 20.8. The lowest BCUT2D eigenvalue weighted by Crippen LogP contribution is -2.36. The minimum atomic E-state index is -4.43. The first kappa shape index (κ1) is 24.3. The highest BCUT2D eigenvalue weighted by Crippen LogP contribution is 2.30. The van der Waals surface area contributed by atoms with Crippen LogP contribution in [0.1, 0.15) is 27.3 Å². The van der Waals surface area contributed by atoms with E-state index in [1.54, 1.807) is 41.4 Å². The van der Waals surface area contributed by atoms with Crippen LogP contribution in [0.4, 0.5) is 13.2 Å². The van der Waals surface area contributed by atoms with E-state index in [1.165, 1.54) is 6.07 Å². The normalized spacial score (nSPS) is 11.6. The topological polar surface area (TPSA) is 50.6 Å². The van der Waals surface area contributed by atoms with Crippen molar-refractivity contribution in [3.8, 4) is 5.75 Å². The van der Waals surface area contributed by atoms with Crippen molar-refractivity contribution in [1.82, 2.24) is 19.4 Å². The number of carbonyl (C=O) groups is 1. The molecular formula is C24H27F3N4O2. The summed E-state index contributed by atoms with van der Waals surface area (Å²) in [6.45, 7) is 1.32. The number of hydrogen-bond acceptors (Lipinski definition) is 4. The van der Waals surface area contributed by atoms with Gasteiger partial charge in [0.2, 0.25) is 0 Å². The number of rotatable bonds is 9. The van der Waals surface area contributed by atoms with Gasteiger partial charge < -0.3 is 19.1 Å². The quantitative estimate of drug-likeness (QED) is 0.480. The van der Waals surface area contributed by atoms with Gasteiger partial charge in [-0.3, -0.25) is 4.79 Å². The summed E-state index contributed by atoms with van der Waals surface area (Å²) in [5, 5.41) is 0. The van der Waals surface area contributed by atoms with Crippen molar-refractivity contribution < 1.29 is 22.7 Å². The van der Waals surface area contributed by atoms with Gasteiger partial charge in [0.05, 0.1) is 5.56 Å². The largest absolute Gasteiger partial charge is 0.486 e. The molecule has 0 spiro atoms. The van der Waals surface area contributed by atoms with E-state index in [0.717, 1.165) is 18.0 Å². The molecular weight excluding hydrogens is 433 g/mol. The molecule has 3 aromatic rings. The number of amides is 1. The Kier molecular flexibility index (Phi) is 7.75. The number of likely N-dealkylation sites (N-methyl/N-ethyl adjacent to an activating group) is 1. The predicted molar refractivity (Wildman–Crippen MR) is 119 cm³/mol. The number of ether oxygens (including phenoxy) is 1. The number of nitrogens with zero attached hydrogens (tertiary/aromatic N) is 4. The van der Waals surface area contributed by atoms with E-state index in [-0.39, 0.29) is 12.5 Å². The molecule has 0 saturated heterocycles. The highest BCUT2D eigenvalue weighted by molar-refractivity contribution is 5.94. The van der Waals surface area contributed by atoms with Gasteiger partial charge in [-0.25, -0.2) is 4.98 Å². The number of alkyl halides is 3. The van der Waals surface area contributed by atoms with Crippen molar-refractivity contribution in [2.24, 2.45) is 7.05 Å². The molecule has 1 heterocycles. The second kappa shape index (κ2) is 10.5. The molecule has 176 valence electrons. The van der Waals surface area contributed by atoms with Crippen LogP contribution in [0.25, 0.3) is 0 Å². The molecule has 9 heteroatoms. The summed E-state index contributed by atoms with van der Waals surface area (Å²) < 4.78 is 46.9. The first-order valence-corrected chi connectivity index (χ1v) is 10.4. The first-order valence-electron chi connectivity index (χ1n) is 10.4. The Hall–Kier alpha value is -3.33. The van der Waals surface area contributed by atoms with Crippen LogP contribution in [0.3, 0.4) is 0 Å². The second-order valence-corrected chi connectivity index (χ2v) is 8.00. The molecule has 0 saturated carbocycles. The first-order chi connectivity index (χ1) is 15.6.